The van der Waals surface area contributed by atoms with Crippen molar-refractivity contribution >= 4 is 17.9 Å². The third-order valence-corrected chi connectivity index (χ3v) is 4.35. The molecule has 0 aromatic heterocycles. The van der Waals surface area contributed by atoms with Gasteiger partial charge in [-0.2, -0.15) is 0 Å². The molecule has 0 heterocycles. The summed E-state index contributed by atoms with van der Waals surface area (Å²) in [7, 11) is 0. The zero-order chi connectivity index (χ0) is 21.5. The van der Waals surface area contributed by atoms with E-state index in [1.54, 1.807) is 0 Å². The van der Waals surface area contributed by atoms with Crippen LogP contribution in [-0.2, 0) is 14.4 Å². The maximum Gasteiger partial charge on any atom is 0.320 e. The average Bonchev–Trinajstić information content (AvgIpc) is 2.63. The molecule has 3 atom stereocenters. The first-order valence-electron chi connectivity index (χ1n) is 9.49. The van der Waals surface area contributed by atoms with Gasteiger partial charge < -0.3 is 37.8 Å². The quantitative estimate of drug-likeness (QED) is 0.127. The normalized spacial score (nSPS) is 15.0. The molecular formula is C18H34N4O6. The number of hydrogen-bond acceptors (Lipinski definition) is 7. The molecule has 0 aliphatic rings. The molecule has 10 N–H and O–H groups in total. The van der Waals surface area contributed by atoms with Crippen LogP contribution in [0, 0.1) is 0 Å². The molecule has 0 aromatic carbocycles. The Bertz CT molecular complexity index is 526. The fraction of sp³-hybridized carbons (Fsp3) is 0.722. The highest BCUT2D eigenvalue weighted by Crippen LogP contribution is 2.10. The molecule has 0 aromatic rings. The van der Waals surface area contributed by atoms with Crippen LogP contribution in [0.25, 0.3) is 0 Å². The van der Waals surface area contributed by atoms with Crippen molar-refractivity contribution < 1.29 is 29.7 Å². The standard InChI is InChI=1S/C18H34N4O6/c19-13(16(23)24)6-2-1-5-12(8-9-15(21)18(27)28)11-22-10-4-3-7-14(20)17(25)26/h5,13-15,22H,1-4,6-11,19-21H2,(H,23,24)(H,25,26)(H,27,28)/b12-5+/t13-,14-,15-/m0/s1. The molecule has 0 rings (SSSR count). The lowest BCUT2D eigenvalue weighted by atomic mass is 10.0. The third-order valence-electron chi connectivity index (χ3n) is 4.35. The number of aliphatic carboxylic acids is 3. The summed E-state index contributed by atoms with van der Waals surface area (Å²) in [5, 5.41) is 29.6. The second kappa shape index (κ2) is 15.0. The minimum absolute atomic E-state index is 0.310. The minimum atomic E-state index is -1.05. The Balaban J connectivity index is 4.32. The Kier molecular flexibility index (Phi) is 13.9. The highest BCUT2D eigenvalue weighted by atomic mass is 16.4. The van der Waals surface area contributed by atoms with Crippen LogP contribution in [0.1, 0.15) is 51.4 Å². The monoisotopic (exact) mass is 402 g/mol. The zero-order valence-electron chi connectivity index (χ0n) is 16.2. The molecule has 0 aliphatic heterocycles. The van der Waals surface area contributed by atoms with Gasteiger partial charge in [0.1, 0.15) is 18.1 Å². The Labute approximate surface area is 165 Å². The highest BCUT2D eigenvalue weighted by molar-refractivity contribution is 5.73. The van der Waals surface area contributed by atoms with Gasteiger partial charge in [0.15, 0.2) is 0 Å². The van der Waals surface area contributed by atoms with Crippen LogP contribution in [-0.4, -0.2) is 64.4 Å². The number of unbranched alkanes of at least 4 members (excludes halogenated alkanes) is 2. The van der Waals surface area contributed by atoms with Gasteiger partial charge in [-0.15, -0.1) is 0 Å². The zero-order valence-corrected chi connectivity index (χ0v) is 16.2. The van der Waals surface area contributed by atoms with Crippen LogP contribution < -0.4 is 22.5 Å². The number of carbonyl (C=O) groups is 3. The van der Waals surface area contributed by atoms with Crippen molar-refractivity contribution in [2.24, 2.45) is 17.2 Å². The van der Waals surface area contributed by atoms with Gasteiger partial charge in [0.2, 0.25) is 0 Å². The number of rotatable bonds is 17. The largest absolute Gasteiger partial charge is 0.480 e. The summed E-state index contributed by atoms with van der Waals surface area (Å²) in [6, 6.07) is -2.65. The van der Waals surface area contributed by atoms with Gasteiger partial charge in [0.25, 0.3) is 0 Å². The lowest BCUT2D eigenvalue weighted by molar-refractivity contribution is -0.139. The fourth-order valence-electron chi connectivity index (χ4n) is 2.48. The van der Waals surface area contributed by atoms with Crippen molar-refractivity contribution in [1.82, 2.24) is 5.32 Å². The van der Waals surface area contributed by atoms with Crippen molar-refractivity contribution in [2.75, 3.05) is 13.1 Å². The Morgan fingerprint density at radius 3 is 1.82 bits per heavy atom. The minimum Gasteiger partial charge on any atom is -0.480 e. The number of nitrogens with two attached hydrogens (primary N) is 3. The maximum absolute atomic E-state index is 10.9. The van der Waals surface area contributed by atoms with Crippen molar-refractivity contribution in [3.05, 3.63) is 11.6 Å². The molecule has 0 spiro atoms. The number of hydrogen-bond donors (Lipinski definition) is 7. The molecule has 28 heavy (non-hydrogen) atoms. The van der Waals surface area contributed by atoms with Crippen molar-refractivity contribution in [2.45, 2.75) is 69.5 Å². The second-order valence-electron chi connectivity index (χ2n) is 6.84. The van der Waals surface area contributed by atoms with Gasteiger partial charge in [-0.25, -0.2) is 0 Å². The Morgan fingerprint density at radius 2 is 1.29 bits per heavy atom. The van der Waals surface area contributed by atoms with Crippen LogP contribution >= 0.6 is 0 Å². The molecule has 0 aliphatic carbocycles. The maximum atomic E-state index is 10.9. The van der Waals surface area contributed by atoms with Crippen molar-refractivity contribution in [1.29, 1.82) is 0 Å². The second-order valence-corrected chi connectivity index (χ2v) is 6.84. The number of carboxylic acids is 3. The fourth-order valence-corrected chi connectivity index (χ4v) is 2.48. The summed E-state index contributed by atoms with van der Waals surface area (Å²) >= 11 is 0. The summed E-state index contributed by atoms with van der Waals surface area (Å²) in [6.07, 6.45) is 6.31. The highest BCUT2D eigenvalue weighted by Gasteiger charge is 2.13. The summed E-state index contributed by atoms with van der Waals surface area (Å²) in [4.78, 5) is 32.2. The van der Waals surface area contributed by atoms with Crippen LogP contribution in [0.2, 0.25) is 0 Å². The lowest BCUT2D eigenvalue weighted by Gasteiger charge is -2.12. The van der Waals surface area contributed by atoms with Crippen LogP contribution in [0.3, 0.4) is 0 Å². The van der Waals surface area contributed by atoms with Gasteiger partial charge in [0, 0.05) is 6.54 Å². The van der Waals surface area contributed by atoms with E-state index in [-0.39, 0.29) is 0 Å². The van der Waals surface area contributed by atoms with E-state index >= 15 is 0 Å². The van der Waals surface area contributed by atoms with E-state index in [9.17, 15) is 14.4 Å². The van der Waals surface area contributed by atoms with Gasteiger partial charge in [0.05, 0.1) is 0 Å². The molecule has 0 radical (unpaired) electrons. The molecule has 0 unspecified atom stereocenters. The van der Waals surface area contributed by atoms with E-state index in [0.717, 1.165) is 12.0 Å². The third kappa shape index (κ3) is 13.2. The summed E-state index contributed by atoms with van der Waals surface area (Å²) in [5.41, 5.74) is 17.5. The van der Waals surface area contributed by atoms with Crippen LogP contribution in [0.4, 0.5) is 0 Å². The van der Waals surface area contributed by atoms with E-state index in [1.807, 2.05) is 6.08 Å². The van der Waals surface area contributed by atoms with E-state index in [0.29, 0.717) is 58.0 Å². The molecule has 0 bridgehead atoms. The molecule has 10 heteroatoms. The van der Waals surface area contributed by atoms with E-state index in [2.05, 4.69) is 5.32 Å². The predicted molar refractivity (Wildman–Crippen MR) is 105 cm³/mol. The first-order valence-corrected chi connectivity index (χ1v) is 9.49. The smallest absolute Gasteiger partial charge is 0.320 e. The molecule has 0 amide bonds. The summed E-state index contributed by atoms with van der Waals surface area (Å²) < 4.78 is 0. The molecule has 0 saturated heterocycles. The number of allylic oxidation sites excluding steroid dienone is 1. The molecule has 10 nitrogen and oxygen atoms in total. The average molecular weight is 402 g/mol. The Hall–Kier alpha value is -2.01. The van der Waals surface area contributed by atoms with Gasteiger partial charge in [-0.05, 0) is 51.5 Å². The Morgan fingerprint density at radius 1 is 0.786 bits per heavy atom. The van der Waals surface area contributed by atoms with E-state index < -0.39 is 36.0 Å². The van der Waals surface area contributed by atoms with Crippen molar-refractivity contribution in [3.63, 3.8) is 0 Å². The number of nitrogens with one attached hydrogen (secondary N) is 1. The van der Waals surface area contributed by atoms with Gasteiger partial charge >= 0.3 is 17.9 Å². The predicted octanol–water partition coefficient (Wildman–Crippen LogP) is -0.141. The lowest BCUT2D eigenvalue weighted by Crippen LogP contribution is -2.30. The van der Waals surface area contributed by atoms with E-state index in [4.69, 9.17) is 32.5 Å². The van der Waals surface area contributed by atoms with Crippen molar-refractivity contribution in [3.8, 4) is 0 Å². The topological polar surface area (TPSA) is 202 Å². The molecule has 162 valence electrons. The first kappa shape index (κ1) is 26.0. The first-order chi connectivity index (χ1) is 13.1. The molecular weight excluding hydrogens is 368 g/mol. The molecule has 0 fully saturated rings. The van der Waals surface area contributed by atoms with Crippen LogP contribution in [0.5, 0.6) is 0 Å². The SMILES string of the molecule is N[C@@H](CCC/C=C(\CC[C@H](N)C(=O)O)CNCCCC[C@H](N)C(=O)O)C(=O)O. The number of carboxylic acid groups (broad SMARTS) is 3. The summed E-state index contributed by atoms with van der Waals surface area (Å²) in [6.45, 7) is 1.24. The van der Waals surface area contributed by atoms with Gasteiger partial charge in [-0.1, -0.05) is 18.1 Å². The molecule has 0 saturated carbocycles. The summed E-state index contributed by atoms with van der Waals surface area (Å²) in [5.74, 6) is -3.08. The van der Waals surface area contributed by atoms with E-state index in [1.165, 1.54) is 0 Å². The van der Waals surface area contributed by atoms with Gasteiger partial charge in [-0.3, -0.25) is 14.4 Å². The van der Waals surface area contributed by atoms with Crippen LogP contribution in [0.15, 0.2) is 11.6 Å².